The first-order chi connectivity index (χ1) is 11.9. The van der Waals surface area contributed by atoms with Crippen LogP contribution in [0.25, 0.3) is 0 Å². The van der Waals surface area contributed by atoms with Crippen molar-refractivity contribution in [3.8, 4) is 5.75 Å². The molecule has 0 amide bonds. The van der Waals surface area contributed by atoms with Gasteiger partial charge in [0, 0.05) is 19.3 Å². The van der Waals surface area contributed by atoms with Gasteiger partial charge in [0.25, 0.3) is 0 Å². The molecule has 0 saturated carbocycles. The molecule has 0 bridgehead atoms. The number of methoxy groups -OCH3 is 1. The van der Waals surface area contributed by atoms with Crippen molar-refractivity contribution in [2.45, 2.75) is 13.3 Å². The number of guanidine groups is 1. The van der Waals surface area contributed by atoms with E-state index in [-0.39, 0.29) is 36.3 Å². The Hall–Kier alpha value is -1.07. The number of rotatable bonds is 11. The lowest BCUT2D eigenvalue weighted by molar-refractivity contribution is 0.157. The monoisotopic (exact) mass is 499 g/mol. The number of aliphatic imine (C=N–C) groups is 1. The summed E-state index contributed by atoms with van der Waals surface area (Å²) in [4.78, 5) is 4.41. The number of nitrogens with zero attached hydrogens (tertiary/aromatic N) is 1. The summed E-state index contributed by atoms with van der Waals surface area (Å²) in [6, 6.07) is 7.98. The summed E-state index contributed by atoms with van der Waals surface area (Å²) in [5, 5.41) is 6.44. The maximum absolute atomic E-state index is 11.0. The summed E-state index contributed by atoms with van der Waals surface area (Å²) in [5.41, 5.74) is 1.22. The molecule has 0 spiro atoms. The van der Waals surface area contributed by atoms with E-state index in [1.807, 2.05) is 31.2 Å². The standard InChI is InChI=1S/C17H29N3O4S.HI/c1-4-18-17(20-11-12-24-13-14-25(3,21)22)19-10-9-15-5-7-16(23-2)8-6-15;/h5-8H,4,9-14H2,1-3H3,(H2,18,19,20);1H. The number of halogens is 1. The molecule has 0 heterocycles. The normalized spacial score (nSPS) is 11.6. The number of sulfone groups is 1. The Morgan fingerprint density at radius 3 is 2.42 bits per heavy atom. The Balaban J connectivity index is 0.00000625. The molecule has 150 valence electrons. The minimum Gasteiger partial charge on any atom is -0.497 e. The van der Waals surface area contributed by atoms with Crippen molar-refractivity contribution >= 4 is 39.8 Å². The number of benzene rings is 1. The van der Waals surface area contributed by atoms with Gasteiger partial charge in [0.2, 0.25) is 0 Å². The number of ether oxygens (including phenoxy) is 2. The molecule has 0 radical (unpaired) electrons. The van der Waals surface area contributed by atoms with E-state index in [0.29, 0.717) is 13.2 Å². The first kappa shape index (κ1) is 24.9. The lowest BCUT2D eigenvalue weighted by Crippen LogP contribution is -2.38. The van der Waals surface area contributed by atoms with E-state index in [9.17, 15) is 8.42 Å². The van der Waals surface area contributed by atoms with Crippen LogP contribution in [0, 0.1) is 0 Å². The molecule has 0 aliphatic heterocycles. The van der Waals surface area contributed by atoms with Crippen LogP contribution >= 0.6 is 24.0 Å². The second-order valence-corrected chi connectivity index (χ2v) is 7.79. The van der Waals surface area contributed by atoms with Crippen LogP contribution in [0.1, 0.15) is 12.5 Å². The van der Waals surface area contributed by atoms with Crippen molar-refractivity contribution in [1.82, 2.24) is 10.6 Å². The Labute approximate surface area is 173 Å². The second kappa shape index (κ2) is 14.0. The highest BCUT2D eigenvalue weighted by atomic mass is 127. The molecule has 0 unspecified atom stereocenters. The molecule has 2 N–H and O–H groups in total. The number of nitrogens with one attached hydrogen (secondary N) is 2. The lowest BCUT2D eigenvalue weighted by Gasteiger charge is -2.11. The largest absolute Gasteiger partial charge is 0.497 e. The molecule has 0 aliphatic carbocycles. The van der Waals surface area contributed by atoms with Crippen LogP contribution in [-0.4, -0.2) is 66.3 Å². The molecular weight excluding hydrogens is 469 g/mol. The number of hydrogen-bond acceptors (Lipinski definition) is 5. The molecule has 0 fully saturated rings. The van der Waals surface area contributed by atoms with E-state index in [1.54, 1.807) is 7.11 Å². The summed E-state index contributed by atoms with van der Waals surface area (Å²) in [6.45, 7) is 4.60. The van der Waals surface area contributed by atoms with Crippen molar-refractivity contribution in [2.24, 2.45) is 4.99 Å². The maximum atomic E-state index is 11.0. The van der Waals surface area contributed by atoms with Crippen molar-refractivity contribution in [2.75, 3.05) is 52.0 Å². The summed E-state index contributed by atoms with van der Waals surface area (Å²) < 4.78 is 32.4. The zero-order valence-corrected chi connectivity index (χ0v) is 18.8. The molecule has 26 heavy (non-hydrogen) atoms. The quantitative estimate of drug-likeness (QED) is 0.208. The molecule has 0 atom stereocenters. The van der Waals surface area contributed by atoms with E-state index < -0.39 is 9.84 Å². The van der Waals surface area contributed by atoms with Gasteiger partial charge in [-0.15, -0.1) is 24.0 Å². The molecule has 1 aromatic carbocycles. The van der Waals surface area contributed by atoms with Gasteiger partial charge in [0.05, 0.1) is 32.6 Å². The van der Waals surface area contributed by atoms with Crippen LogP contribution in [0.15, 0.2) is 29.3 Å². The van der Waals surface area contributed by atoms with Crippen molar-refractivity contribution in [3.63, 3.8) is 0 Å². The summed E-state index contributed by atoms with van der Waals surface area (Å²) in [5.74, 6) is 1.61. The van der Waals surface area contributed by atoms with Crippen LogP contribution < -0.4 is 15.4 Å². The second-order valence-electron chi connectivity index (χ2n) is 5.53. The highest BCUT2D eigenvalue weighted by Gasteiger charge is 2.01. The maximum Gasteiger partial charge on any atom is 0.191 e. The Morgan fingerprint density at radius 1 is 1.15 bits per heavy atom. The van der Waals surface area contributed by atoms with Crippen molar-refractivity contribution in [1.29, 1.82) is 0 Å². The van der Waals surface area contributed by atoms with E-state index in [2.05, 4.69) is 15.6 Å². The Kier molecular flexibility index (Phi) is 13.5. The Bertz CT molecular complexity index is 621. The summed E-state index contributed by atoms with van der Waals surface area (Å²) in [7, 11) is -1.32. The van der Waals surface area contributed by atoms with E-state index in [0.717, 1.165) is 31.2 Å². The van der Waals surface area contributed by atoms with Gasteiger partial charge in [-0.2, -0.15) is 0 Å². The van der Waals surface area contributed by atoms with Gasteiger partial charge in [0.1, 0.15) is 15.6 Å². The highest BCUT2D eigenvalue weighted by Crippen LogP contribution is 2.11. The van der Waals surface area contributed by atoms with Crippen LogP contribution in [0.5, 0.6) is 5.75 Å². The fraction of sp³-hybridized carbons (Fsp3) is 0.588. The van der Waals surface area contributed by atoms with Gasteiger partial charge in [-0.05, 0) is 31.0 Å². The molecule has 0 aliphatic rings. The zero-order valence-electron chi connectivity index (χ0n) is 15.7. The Morgan fingerprint density at radius 2 is 1.85 bits per heavy atom. The number of hydrogen-bond donors (Lipinski definition) is 2. The van der Waals surface area contributed by atoms with Gasteiger partial charge < -0.3 is 20.1 Å². The topological polar surface area (TPSA) is 89.0 Å². The molecule has 1 rings (SSSR count). The summed E-state index contributed by atoms with van der Waals surface area (Å²) in [6.07, 6.45) is 2.07. The highest BCUT2D eigenvalue weighted by molar-refractivity contribution is 14.0. The van der Waals surface area contributed by atoms with Gasteiger partial charge in [-0.1, -0.05) is 12.1 Å². The minimum atomic E-state index is -2.97. The predicted octanol–water partition coefficient (Wildman–Crippen LogP) is 1.47. The molecule has 1 aromatic rings. The average Bonchev–Trinajstić information content (AvgIpc) is 2.57. The smallest absolute Gasteiger partial charge is 0.191 e. The fourth-order valence-corrected chi connectivity index (χ4v) is 2.41. The third kappa shape index (κ3) is 12.3. The van der Waals surface area contributed by atoms with E-state index >= 15 is 0 Å². The summed E-state index contributed by atoms with van der Waals surface area (Å²) >= 11 is 0. The fourth-order valence-electron chi connectivity index (χ4n) is 1.99. The molecule has 7 nitrogen and oxygen atoms in total. The average molecular weight is 499 g/mol. The minimum absolute atomic E-state index is 0. The molecule has 0 saturated heterocycles. The van der Waals surface area contributed by atoms with Gasteiger partial charge >= 0.3 is 0 Å². The SMILES string of the molecule is CCNC(=NCCOCCS(C)(=O)=O)NCCc1ccc(OC)cc1.I. The molecular formula is C17H30IN3O4S. The molecule has 0 aromatic heterocycles. The molecule has 9 heteroatoms. The third-order valence-electron chi connectivity index (χ3n) is 3.31. The van der Waals surface area contributed by atoms with Gasteiger partial charge in [-0.25, -0.2) is 8.42 Å². The lowest BCUT2D eigenvalue weighted by atomic mass is 10.1. The third-order valence-corrected chi connectivity index (χ3v) is 4.22. The van der Waals surface area contributed by atoms with Crippen molar-refractivity contribution in [3.05, 3.63) is 29.8 Å². The zero-order chi connectivity index (χ0) is 18.5. The van der Waals surface area contributed by atoms with E-state index in [4.69, 9.17) is 9.47 Å². The van der Waals surface area contributed by atoms with Gasteiger partial charge in [0.15, 0.2) is 5.96 Å². The van der Waals surface area contributed by atoms with Crippen LogP contribution in [0.2, 0.25) is 0 Å². The van der Waals surface area contributed by atoms with Crippen molar-refractivity contribution < 1.29 is 17.9 Å². The van der Waals surface area contributed by atoms with Crippen LogP contribution in [0.4, 0.5) is 0 Å². The van der Waals surface area contributed by atoms with Gasteiger partial charge in [-0.3, -0.25) is 4.99 Å². The van der Waals surface area contributed by atoms with Crippen LogP contribution in [-0.2, 0) is 21.0 Å². The first-order valence-corrected chi connectivity index (χ1v) is 10.4. The predicted molar refractivity (Wildman–Crippen MR) is 117 cm³/mol. The first-order valence-electron chi connectivity index (χ1n) is 8.35. The van der Waals surface area contributed by atoms with Crippen LogP contribution in [0.3, 0.4) is 0 Å². The van der Waals surface area contributed by atoms with E-state index in [1.165, 1.54) is 11.8 Å².